The molecule has 0 aliphatic heterocycles. The number of halogens is 2. The number of aromatic nitrogens is 2. The standard InChI is InChI=1S/C13H14BrFN4O/c1-2-3-11-17-12(19-16)7-13(18-11)20-10-6-8(15)4-5-9(10)14/h4-7H,2-3,16H2,1H3,(H,17,18,19). The lowest BCUT2D eigenvalue weighted by Crippen LogP contribution is -2.10. The Morgan fingerprint density at radius 1 is 1.35 bits per heavy atom. The van der Waals surface area contributed by atoms with Gasteiger partial charge in [-0.15, -0.1) is 0 Å². The summed E-state index contributed by atoms with van der Waals surface area (Å²) >= 11 is 3.30. The summed E-state index contributed by atoms with van der Waals surface area (Å²) in [6.45, 7) is 2.02. The van der Waals surface area contributed by atoms with Gasteiger partial charge in [0, 0.05) is 18.6 Å². The van der Waals surface area contributed by atoms with Crippen LogP contribution in [-0.4, -0.2) is 9.97 Å². The summed E-state index contributed by atoms with van der Waals surface area (Å²) in [5.74, 6) is 6.70. The average Bonchev–Trinajstić information content (AvgIpc) is 2.43. The highest BCUT2D eigenvalue weighted by Gasteiger charge is 2.09. The molecular weight excluding hydrogens is 327 g/mol. The van der Waals surface area contributed by atoms with Gasteiger partial charge in [0.15, 0.2) is 0 Å². The SMILES string of the molecule is CCCc1nc(NN)cc(Oc2cc(F)ccc2Br)n1. The van der Waals surface area contributed by atoms with E-state index in [-0.39, 0.29) is 5.82 Å². The Balaban J connectivity index is 2.32. The smallest absolute Gasteiger partial charge is 0.224 e. The van der Waals surface area contributed by atoms with Crippen molar-refractivity contribution in [1.82, 2.24) is 9.97 Å². The van der Waals surface area contributed by atoms with Crippen molar-refractivity contribution in [1.29, 1.82) is 0 Å². The molecule has 1 aromatic carbocycles. The molecule has 1 heterocycles. The summed E-state index contributed by atoms with van der Waals surface area (Å²) in [5.41, 5.74) is 2.46. The van der Waals surface area contributed by atoms with Crippen molar-refractivity contribution in [3.8, 4) is 11.6 Å². The number of hydrogen-bond donors (Lipinski definition) is 2. The zero-order chi connectivity index (χ0) is 14.5. The molecule has 0 unspecified atom stereocenters. The Hall–Kier alpha value is -1.73. The fourth-order valence-corrected chi connectivity index (χ4v) is 1.93. The van der Waals surface area contributed by atoms with Crippen molar-refractivity contribution >= 4 is 21.7 Å². The van der Waals surface area contributed by atoms with Crippen LogP contribution in [0.5, 0.6) is 11.6 Å². The molecule has 0 bridgehead atoms. The largest absolute Gasteiger partial charge is 0.438 e. The molecule has 2 aromatic rings. The maximum absolute atomic E-state index is 13.2. The predicted molar refractivity (Wildman–Crippen MR) is 78.0 cm³/mol. The highest BCUT2D eigenvalue weighted by Crippen LogP contribution is 2.30. The van der Waals surface area contributed by atoms with Gasteiger partial charge < -0.3 is 10.2 Å². The highest BCUT2D eigenvalue weighted by atomic mass is 79.9. The summed E-state index contributed by atoms with van der Waals surface area (Å²) in [5, 5.41) is 0. The fourth-order valence-electron chi connectivity index (χ4n) is 1.60. The topological polar surface area (TPSA) is 73.1 Å². The molecule has 5 nitrogen and oxygen atoms in total. The van der Waals surface area contributed by atoms with Crippen LogP contribution in [0, 0.1) is 5.82 Å². The Kier molecular flexibility index (Phi) is 4.86. The van der Waals surface area contributed by atoms with Gasteiger partial charge in [0.25, 0.3) is 0 Å². The number of benzene rings is 1. The van der Waals surface area contributed by atoms with Crippen molar-refractivity contribution in [2.45, 2.75) is 19.8 Å². The minimum Gasteiger partial charge on any atom is -0.438 e. The van der Waals surface area contributed by atoms with Crippen LogP contribution in [0.3, 0.4) is 0 Å². The van der Waals surface area contributed by atoms with E-state index in [1.54, 1.807) is 12.1 Å². The second kappa shape index (κ2) is 6.62. The number of nitrogen functional groups attached to an aromatic ring is 1. The van der Waals surface area contributed by atoms with Crippen molar-refractivity contribution in [2.75, 3.05) is 5.43 Å². The van der Waals surface area contributed by atoms with E-state index in [4.69, 9.17) is 10.6 Å². The van der Waals surface area contributed by atoms with Crippen LogP contribution in [0.15, 0.2) is 28.7 Å². The summed E-state index contributed by atoms with van der Waals surface area (Å²) in [4.78, 5) is 8.48. The summed E-state index contributed by atoms with van der Waals surface area (Å²) in [6.07, 6.45) is 1.60. The van der Waals surface area contributed by atoms with Gasteiger partial charge in [-0.2, -0.15) is 4.98 Å². The van der Waals surface area contributed by atoms with E-state index in [9.17, 15) is 4.39 Å². The molecule has 0 saturated carbocycles. The summed E-state index contributed by atoms with van der Waals surface area (Å²) in [7, 11) is 0. The van der Waals surface area contributed by atoms with Crippen LogP contribution in [0.1, 0.15) is 19.2 Å². The maximum Gasteiger partial charge on any atom is 0.224 e. The molecule has 0 fully saturated rings. The number of nitrogens with one attached hydrogen (secondary N) is 1. The molecule has 106 valence electrons. The van der Waals surface area contributed by atoms with Gasteiger partial charge in [-0.25, -0.2) is 15.2 Å². The van der Waals surface area contributed by atoms with Crippen LogP contribution in [-0.2, 0) is 6.42 Å². The number of hydrazine groups is 1. The first kappa shape index (κ1) is 14.7. The van der Waals surface area contributed by atoms with Crippen molar-refractivity contribution < 1.29 is 9.13 Å². The fraction of sp³-hybridized carbons (Fsp3) is 0.231. The van der Waals surface area contributed by atoms with Crippen LogP contribution in [0.2, 0.25) is 0 Å². The van der Waals surface area contributed by atoms with Crippen LogP contribution >= 0.6 is 15.9 Å². The van der Waals surface area contributed by atoms with Gasteiger partial charge in [0.05, 0.1) is 4.47 Å². The second-order valence-electron chi connectivity index (χ2n) is 4.08. The molecule has 0 atom stereocenters. The van der Waals surface area contributed by atoms with Crippen LogP contribution in [0.4, 0.5) is 10.2 Å². The molecule has 0 aliphatic carbocycles. The first-order valence-corrected chi connectivity index (χ1v) is 6.89. The van der Waals surface area contributed by atoms with Gasteiger partial charge in [-0.05, 0) is 34.5 Å². The predicted octanol–water partition coefficient (Wildman–Crippen LogP) is 3.41. The molecule has 0 radical (unpaired) electrons. The van der Waals surface area contributed by atoms with Crippen LogP contribution in [0.25, 0.3) is 0 Å². The van der Waals surface area contributed by atoms with E-state index in [1.165, 1.54) is 12.1 Å². The first-order valence-electron chi connectivity index (χ1n) is 6.10. The quantitative estimate of drug-likeness (QED) is 0.644. The van der Waals surface area contributed by atoms with E-state index >= 15 is 0 Å². The van der Waals surface area contributed by atoms with E-state index < -0.39 is 0 Å². The van der Waals surface area contributed by atoms with E-state index in [0.29, 0.717) is 34.2 Å². The minimum atomic E-state index is -0.386. The third-order valence-corrected chi connectivity index (χ3v) is 3.13. The first-order chi connectivity index (χ1) is 9.62. The number of anilines is 1. The molecular formula is C13H14BrFN4O. The lowest BCUT2D eigenvalue weighted by atomic mass is 10.3. The van der Waals surface area contributed by atoms with Crippen molar-refractivity contribution in [3.63, 3.8) is 0 Å². The molecule has 1 aromatic heterocycles. The molecule has 7 heteroatoms. The number of hydrogen-bond acceptors (Lipinski definition) is 5. The zero-order valence-corrected chi connectivity index (χ0v) is 12.4. The lowest BCUT2D eigenvalue weighted by molar-refractivity contribution is 0.451. The van der Waals surface area contributed by atoms with E-state index in [0.717, 1.165) is 6.42 Å². The maximum atomic E-state index is 13.2. The van der Waals surface area contributed by atoms with Gasteiger partial charge in [-0.1, -0.05) is 6.92 Å². The number of nitrogens with zero attached hydrogens (tertiary/aromatic N) is 2. The highest BCUT2D eigenvalue weighted by molar-refractivity contribution is 9.10. The summed E-state index contributed by atoms with van der Waals surface area (Å²) in [6, 6.07) is 5.74. The molecule has 0 saturated heterocycles. The minimum absolute atomic E-state index is 0.308. The third-order valence-electron chi connectivity index (χ3n) is 2.48. The molecule has 0 spiro atoms. The van der Waals surface area contributed by atoms with E-state index in [1.807, 2.05) is 6.92 Å². The number of nitrogens with two attached hydrogens (primary N) is 1. The second-order valence-corrected chi connectivity index (χ2v) is 4.93. The normalized spacial score (nSPS) is 10.4. The Morgan fingerprint density at radius 2 is 2.15 bits per heavy atom. The average molecular weight is 341 g/mol. The molecule has 0 aliphatic rings. The zero-order valence-electron chi connectivity index (χ0n) is 10.9. The summed E-state index contributed by atoms with van der Waals surface area (Å²) < 4.78 is 19.5. The monoisotopic (exact) mass is 340 g/mol. The van der Waals surface area contributed by atoms with Gasteiger partial charge >= 0.3 is 0 Å². The molecule has 20 heavy (non-hydrogen) atoms. The number of aryl methyl sites for hydroxylation is 1. The lowest BCUT2D eigenvalue weighted by Gasteiger charge is -2.10. The third kappa shape index (κ3) is 3.64. The molecule has 2 rings (SSSR count). The molecule has 0 amide bonds. The Morgan fingerprint density at radius 3 is 2.85 bits per heavy atom. The van der Waals surface area contributed by atoms with Crippen molar-refractivity contribution in [2.24, 2.45) is 5.84 Å². The van der Waals surface area contributed by atoms with E-state index in [2.05, 4.69) is 31.3 Å². The van der Waals surface area contributed by atoms with Crippen LogP contribution < -0.4 is 16.0 Å². The number of rotatable bonds is 5. The number of ether oxygens (including phenoxy) is 1. The molecule has 3 N–H and O–H groups in total. The Labute approximate surface area is 124 Å². The van der Waals surface area contributed by atoms with Gasteiger partial charge in [0.1, 0.15) is 23.2 Å². The van der Waals surface area contributed by atoms with Gasteiger partial charge in [-0.3, -0.25) is 0 Å². The van der Waals surface area contributed by atoms with Gasteiger partial charge in [0.2, 0.25) is 5.88 Å². The Bertz CT molecular complexity index is 609. The van der Waals surface area contributed by atoms with Crippen molar-refractivity contribution in [3.05, 3.63) is 40.4 Å².